The lowest BCUT2D eigenvalue weighted by Crippen LogP contribution is -2.44. The van der Waals surface area contributed by atoms with Crippen molar-refractivity contribution < 1.29 is 18.7 Å². The Labute approximate surface area is 155 Å². The van der Waals surface area contributed by atoms with Gasteiger partial charge in [0.15, 0.2) is 0 Å². The number of nitrogens with one attached hydrogen (secondary N) is 1. The van der Waals surface area contributed by atoms with E-state index < -0.39 is 11.9 Å². The van der Waals surface area contributed by atoms with Crippen molar-refractivity contribution in [3.63, 3.8) is 0 Å². The van der Waals surface area contributed by atoms with Crippen LogP contribution in [0.3, 0.4) is 0 Å². The van der Waals surface area contributed by atoms with E-state index in [-0.39, 0.29) is 23.4 Å². The van der Waals surface area contributed by atoms with Crippen LogP contribution in [0.15, 0.2) is 48.5 Å². The normalized spacial score (nSPS) is 16.8. The summed E-state index contributed by atoms with van der Waals surface area (Å²) < 4.78 is 18.8. The number of hydrogen-bond donors (Lipinski definition) is 1. The second-order valence-corrected chi connectivity index (χ2v) is 6.49. The average Bonchev–Trinajstić information content (AvgIpc) is 2.65. The second kappa shape index (κ2) is 8.19. The van der Waals surface area contributed by atoms with Gasteiger partial charge in [0, 0.05) is 18.8 Å². The van der Waals surface area contributed by atoms with E-state index in [9.17, 15) is 14.0 Å². The van der Waals surface area contributed by atoms with Gasteiger partial charge in [-0.1, -0.05) is 29.8 Å². The molecule has 0 bridgehead atoms. The molecule has 1 atom stereocenters. The molecule has 0 saturated carbocycles. The molecule has 5 nitrogen and oxygen atoms in total. The van der Waals surface area contributed by atoms with Crippen LogP contribution in [0.5, 0.6) is 5.75 Å². The van der Waals surface area contributed by atoms with Gasteiger partial charge < -0.3 is 15.0 Å². The van der Waals surface area contributed by atoms with Gasteiger partial charge in [0.05, 0.1) is 10.9 Å². The number of likely N-dealkylation sites (tertiary alicyclic amines) is 1. The van der Waals surface area contributed by atoms with Crippen molar-refractivity contribution in [3.8, 4) is 5.75 Å². The van der Waals surface area contributed by atoms with Gasteiger partial charge in [-0.3, -0.25) is 4.79 Å². The molecule has 1 fully saturated rings. The smallest absolute Gasteiger partial charge is 0.410 e. The Morgan fingerprint density at radius 3 is 2.69 bits per heavy atom. The third kappa shape index (κ3) is 4.52. The number of para-hydroxylation sites is 1. The third-order valence-electron chi connectivity index (χ3n) is 4.19. The molecule has 26 heavy (non-hydrogen) atoms. The Balaban J connectivity index is 1.59. The minimum Gasteiger partial charge on any atom is -0.410 e. The fourth-order valence-electron chi connectivity index (χ4n) is 2.83. The lowest BCUT2D eigenvalue weighted by molar-refractivity contribution is -0.121. The van der Waals surface area contributed by atoms with Crippen molar-refractivity contribution in [1.82, 2.24) is 4.90 Å². The largest absolute Gasteiger partial charge is 0.415 e. The maximum Gasteiger partial charge on any atom is 0.415 e. The number of piperidine rings is 1. The molecule has 1 aliphatic rings. The zero-order valence-electron chi connectivity index (χ0n) is 14.0. The quantitative estimate of drug-likeness (QED) is 0.867. The summed E-state index contributed by atoms with van der Waals surface area (Å²) in [7, 11) is 0. The summed E-state index contributed by atoms with van der Waals surface area (Å²) in [5.41, 5.74) is 0.334. The predicted molar refractivity (Wildman–Crippen MR) is 96.8 cm³/mol. The summed E-state index contributed by atoms with van der Waals surface area (Å²) in [5.74, 6) is -0.781. The topological polar surface area (TPSA) is 58.6 Å². The monoisotopic (exact) mass is 376 g/mol. The molecule has 0 aliphatic carbocycles. The number of nitrogens with zero attached hydrogens (tertiary/aromatic N) is 1. The number of halogens is 2. The Morgan fingerprint density at radius 2 is 1.96 bits per heavy atom. The van der Waals surface area contributed by atoms with Crippen molar-refractivity contribution in [3.05, 3.63) is 59.4 Å². The minimum atomic E-state index is -0.596. The number of hydrogen-bond acceptors (Lipinski definition) is 3. The molecule has 1 saturated heterocycles. The average molecular weight is 377 g/mol. The Morgan fingerprint density at radius 1 is 1.19 bits per heavy atom. The summed E-state index contributed by atoms with van der Waals surface area (Å²) in [6.07, 6.45) is 0.861. The first kappa shape index (κ1) is 18.2. The highest BCUT2D eigenvalue weighted by Gasteiger charge is 2.29. The van der Waals surface area contributed by atoms with E-state index in [1.807, 2.05) is 6.07 Å². The number of amides is 2. The highest BCUT2D eigenvalue weighted by Crippen LogP contribution is 2.22. The maximum atomic E-state index is 13.5. The van der Waals surface area contributed by atoms with Crippen molar-refractivity contribution in [2.75, 3.05) is 18.4 Å². The van der Waals surface area contributed by atoms with E-state index >= 15 is 0 Å². The summed E-state index contributed by atoms with van der Waals surface area (Å²) in [6.45, 7) is 0.790. The van der Waals surface area contributed by atoms with E-state index in [1.165, 1.54) is 23.1 Å². The van der Waals surface area contributed by atoms with Crippen LogP contribution in [0.4, 0.5) is 14.9 Å². The lowest BCUT2D eigenvalue weighted by Gasteiger charge is -2.31. The van der Waals surface area contributed by atoms with Gasteiger partial charge in [-0.05, 0) is 43.2 Å². The van der Waals surface area contributed by atoms with E-state index in [4.69, 9.17) is 16.3 Å². The number of carbonyl (C=O) groups is 2. The number of rotatable bonds is 3. The molecule has 0 unspecified atom stereocenters. The van der Waals surface area contributed by atoms with Gasteiger partial charge in [-0.2, -0.15) is 0 Å². The van der Waals surface area contributed by atoms with Crippen LogP contribution < -0.4 is 10.1 Å². The molecule has 0 spiro atoms. The minimum absolute atomic E-state index is 0.00417. The van der Waals surface area contributed by atoms with Crippen LogP contribution in [0.2, 0.25) is 5.02 Å². The highest BCUT2D eigenvalue weighted by molar-refractivity contribution is 6.30. The summed E-state index contributed by atoms with van der Waals surface area (Å²) in [4.78, 5) is 26.2. The fraction of sp³-hybridized carbons (Fsp3) is 0.263. The molecule has 0 aromatic heterocycles. The van der Waals surface area contributed by atoms with Crippen molar-refractivity contribution >= 4 is 29.3 Å². The summed E-state index contributed by atoms with van der Waals surface area (Å²) in [5, 5.41) is 2.67. The van der Waals surface area contributed by atoms with Crippen LogP contribution in [0, 0.1) is 11.7 Å². The van der Waals surface area contributed by atoms with Gasteiger partial charge in [-0.25, -0.2) is 9.18 Å². The Hall–Kier alpha value is -2.60. The van der Waals surface area contributed by atoms with Crippen LogP contribution in [-0.4, -0.2) is 30.0 Å². The molecule has 1 aliphatic heterocycles. The van der Waals surface area contributed by atoms with Gasteiger partial charge in [0.1, 0.15) is 11.6 Å². The van der Waals surface area contributed by atoms with E-state index in [2.05, 4.69) is 5.32 Å². The molecular formula is C19H18ClFN2O3. The first-order valence-corrected chi connectivity index (χ1v) is 8.68. The molecular weight excluding hydrogens is 359 g/mol. The van der Waals surface area contributed by atoms with Gasteiger partial charge in [0.2, 0.25) is 5.91 Å². The second-order valence-electron chi connectivity index (χ2n) is 6.08. The van der Waals surface area contributed by atoms with Gasteiger partial charge in [-0.15, -0.1) is 0 Å². The molecule has 1 heterocycles. The van der Waals surface area contributed by atoms with Crippen molar-refractivity contribution in [2.24, 2.45) is 5.92 Å². The first-order valence-electron chi connectivity index (χ1n) is 8.30. The number of ether oxygens (including phenoxy) is 1. The van der Waals surface area contributed by atoms with E-state index in [1.54, 1.807) is 24.3 Å². The third-order valence-corrected chi connectivity index (χ3v) is 4.49. The summed E-state index contributed by atoms with van der Waals surface area (Å²) in [6, 6.07) is 12.9. The van der Waals surface area contributed by atoms with Gasteiger partial charge >= 0.3 is 6.09 Å². The Kier molecular flexibility index (Phi) is 5.73. The molecule has 2 amide bonds. The SMILES string of the molecule is O=C(Nc1ccc(Cl)c(F)c1)[C@H]1CCCN(C(=O)Oc2ccccc2)C1. The lowest BCUT2D eigenvalue weighted by atomic mass is 9.97. The fourth-order valence-corrected chi connectivity index (χ4v) is 2.95. The van der Waals surface area contributed by atoms with Crippen molar-refractivity contribution in [2.45, 2.75) is 12.8 Å². The number of benzene rings is 2. The zero-order chi connectivity index (χ0) is 18.5. The zero-order valence-corrected chi connectivity index (χ0v) is 14.7. The molecule has 2 aromatic rings. The molecule has 3 rings (SSSR count). The molecule has 0 radical (unpaired) electrons. The molecule has 136 valence electrons. The first-order chi connectivity index (χ1) is 12.5. The predicted octanol–water partition coefficient (Wildman–Crippen LogP) is 4.33. The van der Waals surface area contributed by atoms with E-state index in [0.29, 0.717) is 30.8 Å². The number of carbonyl (C=O) groups excluding carboxylic acids is 2. The highest BCUT2D eigenvalue weighted by atomic mass is 35.5. The van der Waals surface area contributed by atoms with E-state index in [0.717, 1.165) is 0 Å². The number of anilines is 1. The van der Waals surface area contributed by atoms with Crippen molar-refractivity contribution in [1.29, 1.82) is 0 Å². The molecule has 1 N–H and O–H groups in total. The maximum absolute atomic E-state index is 13.5. The molecule has 7 heteroatoms. The Bertz CT molecular complexity index is 801. The molecule has 2 aromatic carbocycles. The van der Waals surface area contributed by atoms with Crippen LogP contribution >= 0.6 is 11.6 Å². The standard InChI is InChI=1S/C19H18ClFN2O3/c20-16-9-8-14(11-17(16)21)22-18(24)13-5-4-10-23(12-13)19(25)26-15-6-2-1-3-7-15/h1-3,6-9,11,13H,4-5,10,12H2,(H,22,24)/t13-/m0/s1. The van der Waals surface area contributed by atoms with Crippen LogP contribution in [0.25, 0.3) is 0 Å². The van der Waals surface area contributed by atoms with Crippen LogP contribution in [0.1, 0.15) is 12.8 Å². The summed E-state index contributed by atoms with van der Waals surface area (Å²) >= 11 is 5.64. The van der Waals surface area contributed by atoms with Crippen LogP contribution in [-0.2, 0) is 4.79 Å². The van der Waals surface area contributed by atoms with Gasteiger partial charge in [0.25, 0.3) is 0 Å².